The van der Waals surface area contributed by atoms with E-state index in [1.54, 1.807) is 19.9 Å². The smallest absolute Gasteiger partial charge is 0.367 e. The van der Waals surface area contributed by atoms with E-state index >= 15 is 0 Å². The molecule has 178 valence electrons. The van der Waals surface area contributed by atoms with Crippen molar-refractivity contribution in [1.29, 1.82) is 0 Å². The molecule has 33 heavy (non-hydrogen) atoms. The number of carbonyl (C=O) groups excluding carboxylic acids is 4. The van der Waals surface area contributed by atoms with Crippen LogP contribution in [0.5, 0.6) is 0 Å². The molecule has 1 aromatic carbocycles. The Kier molecular flexibility index (Phi) is 6.64. The second kappa shape index (κ2) is 9.46. The Morgan fingerprint density at radius 1 is 1.03 bits per heavy atom. The Bertz CT molecular complexity index is 956. The van der Waals surface area contributed by atoms with Crippen LogP contribution < -0.4 is 10.2 Å². The number of likely N-dealkylation sites (tertiary alicyclic amines) is 1. The Hall–Kier alpha value is -3.01. The van der Waals surface area contributed by atoms with Gasteiger partial charge < -0.3 is 24.9 Å². The number of benzene rings is 1. The number of hydroxylamine groups is 2. The van der Waals surface area contributed by atoms with E-state index in [2.05, 4.69) is 5.32 Å². The predicted octanol–water partition coefficient (Wildman–Crippen LogP) is 2.33. The van der Waals surface area contributed by atoms with Gasteiger partial charge in [-0.25, -0.2) is 9.59 Å². The van der Waals surface area contributed by atoms with E-state index in [-0.39, 0.29) is 11.8 Å². The number of nitrogens with one attached hydrogen (secondary N) is 1. The first-order valence-electron chi connectivity index (χ1n) is 11.2. The zero-order valence-electron chi connectivity index (χ0n) is 18.8. The summed E-state index contributed by atoms with van der Waals surface area (Å²) >= 11 is 6.62. The molecule has 0 saturated carbocycles. The number of rotatable bonds is 4. The molecule has 10 nitrogen and oxygen atoms in total. The lowest BCUT2D eigenvalue weighted by atomic mass is 10.1. The van der Waals surface area contributed by atoms with Crippen LogP contribution in [-0.4, -0.2) is 84.1 Å². The van der Waals surface area contributed by atoms with Crippen LogP contribution in [0, 0.1) is 5.92 Å². The molecule has 11 heteroatoms. The van der Waals surface area contributed by atoms with Gasteiger partial charge in [-0.3, -0.25) is 9.59 Å². The van der Waals surface area contributed by atoms with Crippen LogP contribution in [0.3, 0.4) is 0 Å². The zero-order valence-corrected chi connectivity index (χ0v) is 19.5. The first kappa shape index (κ1) is 23.2. The average Bonchev–Trinajstić information content (AvgIpc) is 3.43. The molecule has 0 radical (unpaired) electrons. The van der Waals surface area contributed by atoms with Gasteiger partial charge in [0.25, 0.3) is 11.8 Å². The molecule has 1 N–H and O–H groups in total. The lowest BCUT2D eigenvalue weighted by Gasteiger charge is -2.36. The maximum Gasteiger partial charge on any atom is 0.434 e. The molecule has 0 unspecified atom stereocenters. The number of halogens is 1. The fourth-order valence-corrected chi connectivity index (χ4v) is 4.63. The molecule has 3 heterocycles. The van der Waals surface area contributed by atoms with E-state index in [0.29, 0.717) is 41.8 Å². The molecular weight excluding hydrogens is 450 g/mol. The van der Waals surface area contributed by atoms with Crippen molar-refractivity contribution in [3.63, 3.8) is 0 Å². The van der Waals surface area contributed by atoms with Gasteiger partial charge in [0.2, 0.25) is 0 Å². The topological polar surface area (TPSA) is 102 Å². The SMILES string of the molecule is CC(C)[C@H]1NC(=O)N(OC(=O)N2CCN(c3cccc(C(=O)N4CCCC4)c3Cl)CC2)C1=O. The predicted molar refractivity (Wildman–Crippen MR) is 121 cm³/mol. The average molecular weight is 478 g/mol. The summed E-state index contributed by atoms with van der Waals surface area (Å²) in [4.78, 5) is 60.1. The summed E-state index contributed by atoms with van der Waals surface area (Å²) in [6.45, 7) is 6.65. The summed E-state index contributed by atoms with van der Waals surface area (Å²) in [6.07, 6.45) is 1.25. The number of urea groups is 1. The molecule has 0 spiro atoms. The molecule has 1 aromatic rings. The number of imide groups is 1. The van der Waals surface area contributed by atoms with Gasteiger partial charge in [-0.2, -0.15) is 0 Å². The van der Waals surface area contributed by atoms with Crippen molar-refractivity contribution in [3.05, 3.63) is 28.8 Å². The zero-order chi connectivity index (χ0) is 23.7. The Morgan fingerprint density at radius 3 is 2.30 bits per heavy atom. The van der Waals surface area contributed by atoms with Gasteiger partial charge in [-0.05, 0) is 30.9 Å². The molecule has 3 aliphatic rings. The Balaban J connectivity index is 1.37. The highest BCUT2D eigenvalue weighted by atomic mass is 35.5. The van der Waals surface area contributed by atoms with Crippen molar-refractivity contribution in [2.24, 2.45) is 5.92 Å². The van der Waals surface area contributed by atoms with Gasteiger partial charge in [0.15, 0.2) is 0 Å². The Labute approximate surface area is 197 Å². The highest BCUT2D eigenvalue weighted by molar-refractivity contribution is 6.36. The second-order valence-corrected chi connectivity index (χ2v) is 9.15. The number of anilines is 1. The van der Waals surface area contributed by atoms with Gasteiger partial charge in [0, 0.05) is 39.3 Å². The fourth-order valence-electron chi connectivity index (χ4n) is 4.30. The van der Waals surface area contributed by atoms with Crippen molar-refractivity contribution in [3.8, 4) is 0 Å². The summed E-state index contributed by atoms with van der Waals surface area (Å²) in [5, 5.41) is 3.43. The van der Waals surface area contributed by atoms with Crippen LogP contribution in [0.15, 0.2) is 18.2 Å². The summed E-state index contributed by atoms with van der Waals surface area (Å²) in [7, 11) is 0. The number of carbonyl (C=O) groups is 4. The summed E-state index contributed by atoms with van der Waals surface area (Å²) in [6, 6.07) is 3.96. The molecule has 3 fully saturated rings. The maximum absolute atomic E-state index is 12.8. The third-order valence-electron chi connectivity index (χ3n) is 6.25. The lowest BCUT2D eigenvalue weighted by Crippen LogP contribution is -2.51. The molecule has 3 saturated heterocycles. The number of amides is 5. The van der Waals surface area contributed by atoms with E-state index in [4.69, 9.17) is 16.4 Å². The normalized spacial score (nSPS) is 21.2. The van der Waals surface area contributed by atoms with E-state index in [0.717, 1.165) is 31.6 Å². The number of piperazine rings is 1. The third kappa shape index (κ3) is 4.57. The number of nitrogens with zero attached hydrogens (tertiary/aromatic N) is 4. The van der Waals surface area contributed by atoms with Crippen LogP contribution in [0.2, 0.25) is 5.02 Å². The monoisotopic (exact) mass is 477 g/mol. The summed E-state index contributed by atoms with van der Waals surface area (Å²) in [5.74, 6) is -0.755. The van der Waals surface area contributed by atoms with Crippen LogP contribution >= 0.6 is 11.6 Å². The van der Waals surface area contributed by atoms with Crippen molar-refractivity contribution < 1.29 is 24.0 Å². The van der Waals surface area contributed by atoms with Gasteiger partial charge in [-0.15, -0.1) is 0 Å². The Morgan fingerprint density at radius 2 is 1.70 bits per heavy atom. The molecule has 0 aliphatic carbocycles. The van der Waals surface area contributed by atoms with Crippen molar-refractivity contribution in [1.82, 2.24) is 20.2 Å². The van der Waals surface area contributed by atoms with Crippen molar-refractivity contribution in [2.75, 3.05) is 44.2 Å². The molecule has 0 bridgehead atoms. The van der Waals surface area contributed by atoms with Crippen LogP contribution in [0.1, 0.15) is 37.0 Å². The number of hydrogen-bond acceptors (Lipinski definition) is 6. The van der Waals surface area contributed by atoms with Crippen molar-refractivity contribution in [2.45, 2.75) is 32.7 Å². The van der Waals surface area contributed by atoms with Gasteiger partial charge >= 0.3 is 12.1 Å². The van der Waals surface area contributed by atoms with Gasteiger partial charge in [0.1, 0.15) is 6.04 Å². The molecular formula is C22H28ClN5O5. The minimum absolute atomic E-state index is 0.0603. The molecule has 4 rings (SSSR count). The van der Waals surface area contributed by atoms with Crippen LogP contribution in [0.25, 0.3) is 0 Å². The van der Waals surface area contributed by atoms with Gasteiger partial charge in [-0.1, -0.05) is 36.6 Å². The van der Waals surface area contributed by atoms with Gasteiger partial charge in [0.05, 0.1) is 16.3 Å². The van der Waals surface area contributed by atoms with E-state index in [9.17, 15) is 19.2 Å². The lowest BCUT2D eigenvalue weighted by molar-refractivity contribution is -0.152. The first-order chi connectivity index (χ1) is 15.8. The van der Waals surface area contributed by atoms with E-state index in [1.165, 1.54) is 4.90 Å². The van der Waals surface area contributed by atoms with E-state index in [1.807, 2.05) is 21.9 Å². The first-order valence-corrected chi connectivity index (χ1v) is 11.6. The van der Waals surface area contributed by atoms with Crippen molar-refractivity contribution >= 4 is 41.2 Å². The minimum atomic E-state index is -0.758. The highest BCUT2D eigenvalue weighted by Crippen LogP contribution is 2.31. The second-order valence-electron chi connectivity index (χ2n) is 8.77. The maximum atomic E-state index is 12.8. The van der Waals surface area contributed by atoms with Crippen LogP contribution in [0.4, 0.5) is 15.3 Å². The molecule has 5 amide bonds. The largest absolute Gasteiger partial charge is 0.434 e. The quantitative estimate of drug-likeness (QED) is 0.668. The minimum Gasteiger partial charge on any atom is -0.367 e. The highest BCUT2D eigenvalue weighted by Gasteiger charge is 2.43. The molecule has 0 aromatic heterocycles. The fraction of sp³-hybridized carbons (Fsp3) is 0.545. The standard InChI is InChI=1S/C22H28ClN5O5/c1-14(2)18-20(30)28(21(31)24-18)33-22(32)27-12-10-25(11-13-27)16-7-5-6-15(17(16)23)19(29)26-8-3-4-9-26/h5-7,14,18H,3-4,8-13H2,1-2H3,(H,24,31)/t18-/m1/s1. The van der Waals surface area contributed by atoms with E-state index < -0.39 is 24.1 Å². The summed E-state index contributed by atoms with van der Waals surface area (Å²) < 4.78 is 0. The third-order valence-corrected chi connectivity index (χ3v) is 6.64. The molecule has 1 atom stereocenters. The molecule has 3 aliphatic heterocycles. The van der Waals surface area contributed by atoms with Crippen LogP contribution in [-0.2, 0) is 9.63 Å². The summed E-state index contributed by atoms with van der Waals surface area (Å²) in [5.41, 5.74) is 1.22. The number of hydrogen-bond donors (Lipinski definition) is 1.